The highest BCUT2D eigenvalue weighted by atomic mass is 19.1. The van der Waals surface area contributed by atoms with Crippen molar-refractivity contribution >= 4 is 35.0 Å². The Morgan fingerprint density at radius 1 is 1.07 bits per heavy atom. The van der Waals surface area contributed by atoms with E-state index in [4.69, 9.17) is 0 Å². The van der Waals surface area contributed by atoms with Gasteiger partial charge in [-0.3, -0.25) is 14.4 Å². The number of amides is 4. The number of benzene rings is 2. The van der Waals surface area contributed by atoms with Gasteiger partial charge in [0.2, 0.25) is 11.8 Å². The van der Waals surface area contributed by atoms with E-state index >= 15 is 0 Å². The van der Waals surface area contributed by atoms with Crippen LogP contribution in [-0.2, 0) is 9.59 Å². The van der Waals surface area contributed by atoms with Gasteiger partial charge in [0.05, 0.1) is 5.69 Å². The molecule has 1 aliphatic heterocycles. The fourth-order valence-corrected chi connectivity index (χ4v) is 2.67. The lowest BCUT2D eigenvalue weighted by atomic mass is 10.0. The minimum Gasteiger partial charge on any atom is -0.336 e. The number of carbonyl (C=O) groups excluding carboxylic acids is 4. The maximum absolute atomic E-state index is 13.1. The number of urea groups is 1. The van der Waals surface area contributed by atoms with E-state index in [1.807, 2.05) is 0 Å². The van der Waals surface area contributed by atoms with Gasteiger partial charge >= 0.3 is 6.03 Å². The highest BCUT2D eigenvalue weighted by Crippen LogP contribution is 2.21. The van der Waals surface area contributed by atoms with Gasteiger partial charge in [0, 0.05) is 17.8 Å². The van der Waals surface area contributed by atoms with E-state index in [2.05, 4.69) is 10.6 Å². The third-order valence-electron chi connectivity index (χ3n) is 4.14. The minimum absolute atomic E-state index is 0.104. The molecule has 2 aromatic carbocycles. The van der Waals surface area contributed by atoms with Gasteiger partial charge in [0.1, 0.15) is 11.7 Å². The number of hydrogen-bond acceptors (Lipinski definition) is 4. The van der Waals surface area contributed by atoms with Crippen LogP contribution in [0.5, 0.6) is 0 Å². The van der Waals surface area contributed by atoms with E-state index in [0.29, 0.717) is 11.3 Å². The molecule has 2 N–H and O–H groups in total. The van der Waals surface area contributed by atoms with Crippen LogP contribution < -0.4 is 15.5 Å². The molecule has 0 spiro atoms. The highest BCUT2D eigenvalue weighted by molar-refractivity contribution is 6.23. The minimum atomic E-state index is -1.14. The number of anilines is 2. The Balaban J connectivity index is 1.76. The Morgan fingerprint density at radius 2 is 1.70 bits per heavy atom. The fourth-order valence-electron chi connectivity index (χ4n) is 2.67. The molecule has 7 nitrogen and oxygen atoms in total. The lowest BCUT2D eigenvalue weighted by molar-refractivity contribution is -0.130. The second-order valence-electron chi connectivity index (χ2n) is 6.01. The molecule has 0 aromatic heterocycles. The summed E-state index contributed by atoms with van der Waals surface area (Å²) < 4.78 is 13.1. The van der Waals surface area contributed by atoms with Crippen LogP contribution in [0, 0.1) is 11.7 Å². The molecule has 0 radical (unpaired) electrons. The van der Waals surface area contributed by atoms with E-state index in [1.54, 1.807) is 24.3 Å². The van der Waals surface area contributed by atoms with Crippen molar-refractivity contribution in [3.63, 3.8) is 0 Å². The largest absolute Gasteiger partial charge is 0.336 e. The number of hydrogen-bond donors (Lipinski definition) is 2. The van der Waals surface area contributed by atoms with Gasteiger partial charge in [0.25, 0.3) is 0 Å². The van der Waals surface area contributed by atoms with E-state index < -0.39 is 29.6 Å². The molecule has 138 valence electrons. The van der Waals surface area contributed by atoms with Crippen LogP contribution in [0.25, 0.3) is 0 Å². The van der Waals surface area contributed by atoms with Gasteiger partial charge < -0.3 is 10.6 Å². The number of imide groups is 1. The molecule has 1 heterocycles. The molecule has 1 fully saturated rings. The number of halogens is 1. The molecule has 3 rings (SSSR count). The molecule has 1 atom stereocenters. The van der Waals surface area contributed by atoms with Crippen molar-refractivity contribution in [1.29, 1.82) is 0 Å². The molecule has 1 unspecified atom stereocenters. The first-order valence-electron chi connectivity index (χ1n) is 8.16. The molecule has 1 aliphatic rings. The quantitative estimate of drug-likeness (QED) is 0.639. The van der Waals surface area contributed by atoms with Crippen molar-refractivity contribution in [3.05, 3.63) is 59.9 Å². The Kier molecular flexibility index (Phi) is 4.98. The summed E-state index contributed by atoms with van der Waals surface area (Å²) >= 11 is 0. The molecule has 0 aliphatic carbocycles. The summed E-state index contributed by atoms with van der Waals surface area (Å²) in [5.41, 5.74) is 1.08. The third kappa shape index (κ3) is 3.84. The second-order valence-corrected chi connectivity index (χ2v) is 6.01. The number of carbonyl (C=O) groups is 4. The Morgan fingerprint density at radius 3 is 2.30 bits per heavy atom. The van der Waals surface area contributed by atoms with E-state index in [1.165, 1.54) is 19.1 Å². The van der Waals surface area contributed by atoms with Gasteiger partial charge in [-0.25, -0.2) is 14.1 Å². The van der Waals surface area contributed by atoms with Crippen molar-refractivity contribution in [2.24, 2.45) is 5.92 Å². The van der Waals surface area contributed by atoms with E-state index in [0.717, 1.165) is 17.0 Å². The molecule has 1 saturated heterocycles. The Hall–Kier alpha value is -3.55. The number of Topliss-reactive ketones (excluding diaryl/α,β-unsaturated/α-hetero) is 1. The average Bonchev–Trinajstić information content (AvgIpc) is 2.63. The van der Waals surface area contributed by atoms with Crippen molar-refractivity contribution in [2.45, 2.75) is 6.92 Å². The lowest BCUT2D eigenvalue weighted by Crippen LogP contribution is -2.58. The molecule has 0 saturated carbocycles. The first-order chi connectivity index (χ1) is 12.9. The third-order valence-corrected chi connectivity index (χ3v) is 4.14. The predicted molar refractivity (Wildman–Crippen MR) is 95.9 cm³/mol. The van der Waals surface area contributed by atoms with Crippen LogP contribution in [0.4, 0.5) is 20.6 Å². The highest BCUT2D eigenvalue weighted by Gasteiger charge is 2.39. The predicted octanol–water partition coefficient (Wildman–Crippen LogP) is 2.34. The van der Waals surface area contributed by atoms with Crippen LogP contribution in [0.15, 0.2) is 48.5 Å². The summed E-state index contributed by atoms with van der Waals surface area (Å²) in [6, 6.07) is 10.4. The summed E-state index contributed by atoms with van der Waals surface area (Å²) in [5, 5.41) is 5.08. The first-order valence-corrected chi connectivity index (χ1v) is 8.16. The lowest BCUT2D eigenvalue weighted by Gasteiger charge is -2.30. The molecule has 27 heavy (non-hydrogen) atoms. The van der Waals surface area contributed by atoms with E-state index in [9.17, 15) is 23.6 Å². The topological polar surface area (TPSA) is 95.6 Å². The molecular weight excluding hydrogens is 353 g/mol. The van der Waals surface area contributed by atoms with Gasteiger partial charge in [0.15, 0.2) is 5.78 Å². The summed E-state index contributed by atoms with van der Waals surface area (Å²) in [7, 11) is 0. The molecule has 8 heteroatoms. The van der Waals surface area contributed by atoms with Crippen LogP contribution in [-0.4, -0.2) is 30.2 Å². The zero-order chi connectivity index (χ0) is 19.6. The summed E-state index contributed by atoms with van der Waals surface area (Å²) in [6.07, 6.45) is 0. The van der Waals surface area contributed by atoms with Crippen molar-refractivity contribution < 1.29 is 23.6 Å². The maximum atomic E-state index is 13.1. The Labute approximate surface area is 154 Å². The van der Waals surface area contributed by atoms with Crippen LogP contribution in [0.2, 0.25) is 0 Å². The number of rotatable bonds is 4. The monoisotopic (exact) mass is 369 g/mol. The van der Waals surface area contributed by atoms with Crippen LogP contribution in [0.1, 0.15) is 17.3 Å². The number of nitrogens with one attached hydrogen (secondary N) is 2. The SMILES string of the molecule is CC(=O)c1ccc(NC(=O)C2CNC(=O)N(c3ccc(F)cc3)C2=O)cc1. The van der Waals surface area contributed by atoms with Gasteiger partial charge in [-0.2, -0.15) is 0 Å². The zero-order valence-corrected chi connectivity index (χ0v) is 14.4. The summed E-state index contributed by atoms with van der Waals surface area (Å²) in [5.74, 6) is -3.05. The van der Waals surface area contributed by atoms with Crippen molar-refractivity contribution in [3.8, 4) is 0 Å². The summed E-state index contributed by atoms with van der Waals surface area (Å²) in [6.45, 7) is 1.29. The Bertz CT molecular complexity index is 910. The molecular formula is C19H16FN3O4. The normalized spacial score (nSPS) is 16.7. The standard InChI is InChI=1S/C19H16FN3O4/c1-11(24)12-2-6-14(7-3-12)22-17(25)16-10-21-19(27)23(18(16)26)15-8-4-13(20)5-9-15/h2-9,16H,10H2,1H3,(H,21,27)(H,22,25). The first kappa shape index (κ1) is 18.2. The van der Waals surface area contributed by atoms with Gasteiger partial charge in [-0.15, -0.1) is 0 Å². The fraction of sp³-hybridized carbons (Fsp3) is 0.158. The smallest absolute Gasteiger partial charge is 0.328 e. The number of nitrogens with zero attached hydrogens (tertiary/aromatic N) is 1. The van der Waals surface area contributed by atoms with Crippen molar-refractivity contribution in [1.82, 2.24) is 5.32 Å². The zero-order valence-electron chi connectivity index (χ0n) is 14.4. The van der Waals surface area contributed by atoms with E-state index in [-0.39, 0.29) is 18.0 Å². The molecule has 0 bridgehead atoms. The van der Waals surface area contributed by atoms with Crippen LogP contribution in [0.3, 0.4) is 0 Å². The molecule has 4 amide bonds. The van der Waals surface area contributed by atoms with Gasteiger partial charge in [-0.05, 0) is 55.5 Å². The summed E-state index contributed by atoms with van der Waals surface area (Å²) in [4.78, 5) is 49.3. The number of ketones is 1. The van der Waals surface area contributed by atoms with Crippen LogP contribution >= 0.6 is 0 Å². The van der Waals surface area contributed by atoms with Gasteiger partial charge in [-0.1, -0.05) is 0 Å². The maximum Gasteiger partial charge on any atom is 0.328 e. The second kappa shape index (κ2) is 7.36. The molecule has 2 aromatic rings. The average molecular weight is 369 g/mol. The van der Waals surface area contributed by atoms with Crippen molar-refractivity contribution in [2.75, 3.05) is 16.8 Å².